The van der Waals surface area contributed by atoms with Gasteiger partial charge in [0.1, 0.15) is 17.2 Å². The van der Waals surface area contributed by atoms with E-state index in [9.17, 15) is 9.90 Å². The molecule has 9 heteroatoms. The average Bonchev–Trinajstić information content (AvgIpc) is 3.19. The van der Waals surface area contributed by atoms with Gasteiger partial charge in [0, 0.05) is 12.6 Å². The average molecular weight is 444 g/mol. The summed E-state index contributed by atoms with van der Waals surface area (Å²) in [5.74, 6) is 1.89. The van der Waals surface area contributed by atoms with Gasteiger partial charge < -0.3 is 29.2 Å². The first kappa shape index (κ1) is 22.5. The summed E-state index contributed by atoms with van der Waals surface area (Å²) in [6, 6.07) is 12.9. The second kappa shape index (κ2) is 10.7. The second-order valence-corrected chi connectivity index (χ2v) is 7.47. The van der Waals surface area contributed by atoms with E-state index in [1.807, 2.05) is 28.8 Å². The molecule has 164 valence electrons. The van der Waals surface area contributed by atoms with Crippen LogP contribution in [0, 0.1) is 0 Å². The number of thioether (sulfide) groups is 1. The third-order valence-corrected chi connectivity index (χ3v) is 5.57. The number of imidazole rings is 1. The Kier molecular flexibility index (Phi) is 7.80. The Hall–Kier alpha value is -3.17. The summed E-state index contributed by atoms with van der Waals surface area (Å²) >= 11 is 1.30. The molecule has 2 aromatic carbocycles. The SMILES string of the molecule is COc1ccc(Cn2c(CO)cnc2SCC(=O)Nc2ccc(OC)cc2OC)cc1. The normalized spacial score (nSPS) is 10.6. The van der Waals surface area contributed by atoms with Gasteiger partial charge in [-0.25, -0.2) is 4.98 Å². The highest BCUT2D eigenvalue weighted by Gasteiger charge is 2.14. The number of hydrogen-bond donors (Lipinski definition) is 2. The first-order valence-electron chi connectivity index (χ1n) is 9.50. The third-order valence-electron chi connectivity index (χ3n) is 4.58. The van der Waals surface area contributed by atoms with Crippen molar-refractivity contribution < 1.29 is 24.1 Å². The largest absolute Gasteiger partial charge is 0.497 e. The minimum atomic E-state index is -0.196. The fourth-order valence-electron chi connectivity index (χ4n) is 2.93. The Morgan fingerprint density at radius 1 is 1.06 bits per heavy atom. The summed E-state index contributed by atoms with van der Waals surface area (Å²) < 4.78 is 17.6. The first-order valence-corrected chi connectivity index (χ1v) is 10.5. The van der Waals surface area contributed by atoms with Crippen LogP contribution in [-0.2, 0) is 17.9 Å². The highest BCUT2D eigenvalue weighted by atomic mass is 32.2. The van der Waals surface area contributed by atoms with E-state index in [1.54, 1.807) is 38.6 Å². The fourth-order valence-corrected chi connectivity index (χ4v) is 3.73. The van der Waals surface area contributed by atoms with Gasteiger partial charge in [-0.3, -0.25) is 4.79 Å². The molecule has 1 amide bonds. The maximum atomic E-state index is 12.5. The maximum Gasteiger partial charge on any atom is 0.234 e. The van der Waals surface area contributed by atoms with Gasteiger partial charge >= 0.3 is 0 Å². The number of amides is 1. The highest BCUT2D eigenvalue weighted by molar-refractivity contribution is 7.99. The minimum absolute atomic E-state index is 0.140. The zero-order valence-corrected chi connectivity index (χ0v) is 18.4. The quantitative estimate of drug-likeness (QED) is 0.465. The van der Waals surface area contributed by atoms with E-state index in [4.69, 9.17) is 14.2 Å². The highest BCUT2D eigenvalue weighted by Crippen LogP contribution is 2.29. The molecule has 0 spiro atoms. The molecule has 0 unspecified atom stereocenters. The van der Waals surface area contributed by atoms with E-state index in [0.717, 1.165) is 11.3 Å². The lowest BCUT2D eigenvalue weighted by Gasteiger charge is -2.13. The molecular formula is C22H25N3O5S. The molecular weight excluding hydrogens is 418 g/mol. The van der Waals surface area contributed by atoms with Gasteiger partial charge in [0.2, 0.25) is 5.91 Å². The molecule has 31 heavy (non-hydrogen) atoms. The number of aromatic nitrogens is 2. The Morgan fingerprint density at radius 2 is 1.77 bits per heavy atom. The molecule has 3 aromatic rings. The van der Waals surface area contributed by atoms with E-state index in [2.05, 4.69) is 10.3 Å². The Morgan fingerprint density at radius 3 is 2.42 bits per heavy atom. The number of methoxy groups -OCH3 is 3. The van der Waals surface area contributed by atoms with Crippen molar-refractivity contribution in [2.45, 2.75) is 18.3 Å². The summed E-state index contributed by atoms with van der Waals surface area (Å²) in [4.78, 5) is 16.9. The number of aliphatic hydroxyl groups is 1. The first-order chi connectivity index (χ1) is 15.1. The van der Waals surface area contributed by atoms with Crippen molar-refractivity contribution in [3.05, 3.63) is 59.9 Å². The molecule has 0 aliphatic carbocycles. The number of carbonyl (C=O) groups excluding carboxylic acids is 1. The number of rotatable bonds is 10. The van der Waals surface area contributed by atoms with Crippen LogP contribution in [0.1, 0.15) is 11.3 Å². The van der Waals surface area contributed by atoms with Gasteiger partial charge in [0.05, 0.1) is 51.3 Å². The molecule has 0 radical (unpaired) electrons. The predicted molar refractivity (Wildman–Crippen MR) is 119 cm³/mol. The summed E-state index contributed by atoms with van der Waals surface area (Å²) in [7, 11) is 4.72. The number of aliphatic hydroxyl groups excluding tert-OH is 1. The third kappa shape index (κ3) is 5.71. The van der Waals surface area contributed by atoms with Crippen molar-refractivity contribution in [1.29, 1.82) is 0 Å². The molecule has 0 saturated heterocycles. The molecule has 0 saturated carbocycles. The summed E-state index contributed by atoms with van der Waals surface area (Å²) in [5.41, 5.74) is 2.27. The van der Waals surface area contributed by atoms with E-state index in [1.165, 1.54) is 18.9 Å². The standard InChI is InChI=1S/C22H25N3O5S/c1-28-17-6-4-15(5-7-17)12-25-16(13-26)11-23-22(25)31-14-21(27)24-19-9-8-18(29-2)10-20(19)30-3/h4-11,26H,12-14H2,1-3H3,(H,24,27). The Labute approximate surface area is 185 Å². The second-order valence-electron chi connectivity index (χ2n) is 6.53. The number of benzene rings is 2. The van der Waals surface area contributed by atoms with Gasteiger partial charge in [-0.2, -0.15) is 0 Å². The van der Waals surface area contributed by atoms with Crippen molar-refractivity contribution >= 4 is 23.4 Å². The van der Waals surface area contributed by atoms with E-state index in [0.29, 0.717) is 34.6 Å². The van der Waals surface area contributed by atoms with Crippen molar-refractivity contribution in [2.75, 3.05) is 32.4 Å². The molecule has 1 heterocycles. The number of anilines is 1. The van der Waals surface area contributed by atoms with E-state index in [-0.39, 0.29) is 18.3 Å². The van der Waals surface area contributed by atoms with Crippen LogP contribution in [0.2, 0.25) is 0 Å². The van der Waals surface area contributed by atoms with Gasteiger partial charge in [-0.1, -0.05) is 23.9 Å². The molecule has 2 N–H and O–H groups in total. The van der Waals surface area contributed by atoms with Crippen LogP contribution < -0.4 is 19.5 Å². The zero-order valence-electron chi connectivity index (χ0n) is 17.6. The summed E-state index contributed by atoms with van der Waals surface area (Å²) in [5, 5.41) is 13.2. The lowest BCUT2D eigenvalue weighted by Crippen LogP contribution is -2.15. The lowest BCUT2D eigenvalue weighted by atomic mass is 10.2. The van der Waals surface area contributed by atoms with Crippen LogP contribution in [0.4, 0.5) is 5.69 Å². The van der Waals surface area contributed by atoms with Crippen LogP contribution in [0.3, 0.4) is 0 Å². The number of nitrogens with one attached hydrogen (secondary N) is 1. The molecule has 0 atom stereocenters. The van der Waals surface area contributed by atoms with Crippen LogP contribution in [0.15, 0.2) is 53.8 Å². The van der Waals surface area contributed by atoms with E-state index < -0.39 is 0 Å². The van der Waals surface area contributed by atoms with Gasteiger partial charge in [0.15, 0.2) is 5.16 Å². The van der Waals surface area contributed by atoms with Crippen LogP contribution in [0.5, 0.6) is 17.2 Å². The van der Waals surface area contributed by atoms with Crippen molar-refractivity contribution in [1.82, 2.24) is 9.55 Å². The summed E-state index contributed by atoms with van der Waals surface area (Å²) in [6.07, 6.45) is 1.62. The van der Waals surface area contributed by atoms with Gasteiger partial charge in [0.25, 0.3) is 0 Å². The molecule has 3 rings (SSSR count). The minimum Gasteiger partial charge on any atom is -0.497 e. The number of nitrogens with zero attached hydrogens (tertiary/aromatic N) is 2. The van der Waals surface area contributed by atoms with Gasteiger partial charge in [-0.15, -0.1) is 0 Å². The number of ether oxygens (including phenoxy) is 3. The molecule has 0 fully saturated rings. The molecule has 0 aliphatic heterocycles. The molecule has 8 nitrogen and oxygen atoms in total. The maximum absolute atomic E-state index is 12.5. The smallest absolute Gasteiger partial charge is 0.234 e. The van der Waals surface area contributed by atoms with Crippen LogP contribution in [-0.4, -0.2) is 47.6 Å². The zero-order chi connectivity index (χ0) is 22.2. The monoisotopic (exact) mass is 443 g/mol. The topological polar surface area (TPSA) is 94.8 Å². The predicted octanol–water partition coefficient (Wildman–Crippen LogP) is 3.18. The fraction of sp³-hybridized carbons (Fsp3) is 0.273. The van der Waals surface area contributed by atoms with Crippen LogP contribution >= 0.6 is 11.8 Å². The molecule has 1 aromatic heterocycles. The van der Waals surface area contributed by atoms with Gasteiger partial charge in [-0.05, 0) is 29.8 Å². The summed E-state index contributed by atoms with van der Waals surface area (Å²) in [6.45, 7) is 0.384. The molecule has 0 bridgehead atoms. The van der Waals surface area contributed by atoms with E-state index >= 15 is 0 Å². The Balaban J connectivity index is 1.67. The Bertz CT molecular complexity index is 1020. The van der Waals surface area contributed by atoms with Crippen molar-refractivity contribution in [2.24, 2.45) is 0 Å². The lowest BCUT2D eigenvalue weighted by molar-refractivity contribution is -0.113. The number of carbonyl (C=O) groups is 1. The van der Waals surface area contributed by atoms with Crippen molar-refractivity contribution in [3.8, 4) is 17.2 Å². The van der Waals surface area contributed by atoms with Crippen molar-refractivity contribution in [3.63, 3.8) is 0 Å². The number of hydrogen-bond acceptors (Lipinski definition) is 7. The van der Waals surface area contributed by atoms with Crippen LogP contribution in [0.25, 0.3) is 0 Å². The molecule has 0 aliphatic rings.